The van der Waals surface area contributed by atoms with Crippen LogP contribution in [0.25, 0.3) is 0 Å². The van der Waals surface area contributed by atoms with Gasteiger partial charge in [0.25, 0.3) is 0 Å². The topological polar surface area (TPSA) is 30.9 Å². The highest BCUT2D eigenvalue weighted by Crippen LogP contribution is 2.24. The average molecular weight is 164 g/mol. The quantitative estimate of drug-likeness (QED) is 0.668. The monoisotopic (exact) mass is 164 g/mol. The van der Waals surface area contributed by atoms with Crippen molar-refractivity contribution in [2.24, 2.45) is 5.73 Å². The van der Waals surface area contributed by atoms with E-state index in [2.05, 4.69) is 0 Å². The zero-order valence-electron chi connectivity index (χ0n) is 5.60. The smallest absolute Gasteiger partial charge is 0.325 e. The van der Waals surface area contributed by atoms with Crippen LogP contribution in [0.1, 0.15) is 5.69 Å². The lowest BCUT2D eigenvalue weighted by molar-refractivity contribution is -0.205. The van der Waals surface area contributed by atoms with E-state index in [-0.39, 0.29) is 16.8 Å². The van der Waals surface area contributed by atoms with Gasteiger partial charge in [0.05, 0.1) is 0 Å². The highest BCUT2D eigenvalue weighted by Gasteiger charge is 2.31. The molecule has 0 saturated carbocycles. The number of rotatable bonds is 1. The van der Waals surface area contributed by atoms with Gasteiger partial charge < -0.3 is 5.73 Å². The van der Waals surface area contributed by atoms with E-state index in [1.54, 1.807) is 0 Å². The molecule has 0 aliphatic heterocycles. The molecule has 1 aromatic rings. The normalized spacial score (nSPS) is 12.0. The zero-order valence-corrected chi connectivity index (χ0v) is 5.60. The van der Waals surface area contributed by atoms with Crippen LogP contribution in [0, 0.1) is 0 Å². The van der Waals surface area contributed by atoms with Crippen LogP contribution in [0.15, 0.2) is 18.3 Å². The second-order valence-electron chi connectivity index (χ2n) is 2.04. The second-order valence-corrected chi connectivity index (χ2v) is 2.04. The van der Waals surface area contributed by atoms with Gasteiger partial charge in [0.2, 0.25) is 0 Å². The molecular weight excluding hydrogens is 157 g/mol. The maximum atomic E-state index is 12.0. The summed E-state index contributed by atoms with van der Waals surface area (Å²) in [6.07, 6.45) is -3.40. The van der Waals surface area contributed by atoms with Crippen LogP contribution < -0.4 is 5.73 Å². The third-order valence-corrected chi connectivity index (χ3v) is 1.32. The molecule has 2 N–H and O–H groups in total. The summed E-state index contributed by atoms with van der Waals surface area (Å²) in [5, 5.41) is 0. The molecule has 0 saturated heterocycles. The van der Waals surface area contributed by atoms with Crippen molar-refractivity contribution in [1.82, 2.24) is 4.57 Å². The number of hydrogen-bond acceptors (Lipinski definition) is 1. The lowest BCUT2D eigenvalue weighted by atomic mass is 10.4. The molecule has 0 unspecified atom stereocenters. The molecule has 1 aromatic heterocycles. The number of alkyl halides is 3. The van der Waals surface area contributed by atoms with Crippen molar-refractivity contribution < 1.29 is 13.2 Å². The third kappa shape index (κ3) is 1.54. The van der Waals surface area contributed by atoms with Crippen LogP contribution in [-0.2, 0) is 12.8 Å². The van der Waals surface area contributed by atoms with Gasteiger partial charge in [-0.3, -0.25) is 4.57 Å². The number of nitrogens with zero attached hydrogens (tertiary/aromatic N) is 1. The minimum absolute atomic E-state index is 0.0671. The summed E-state index contributed by atoms with van der Waals surface area (Å²) in [4.78, 5) is 0. The summed E-state index contributed by atoms with van der Waals surface area (Å²) in [6, 6.07) is 2.66. The molecular formula is C6H7F3N2. The Labute approximate surface area is 61.4 Å². The van der Waals surface area contributed by atoms with Gasteiger partial charge in [-0.05, 0) is 12.1 Å². The van der Waals surface area contributed by atoms with Crippen LogP contribution in [0.5, 0.6) is 0 Å². The molecule has 0 bridgehead atoms. The van der Waals surface area contributed by atoms with E-state index >= 15 is 0 Å². The van der Waals surface area contributed by atoms with Crippen molar-refractivity contribution in [2.75, 3.05) is 0 Å². The van der Waals surface area contributed by atoms with Crippen molar-refractivity contribution >= 4 is 0 Å². The maximum Gasteiger partial charge on any atom is 0.488 e. The van der Waals surface area contributed by atoms with E-state index in [4.69, 9.17) is 5.73 Å². The molecule has 1 rings (SSSR count). The minimum Gasteiger partial charge on any atom is -0.325 e. The van der Waals surface area contributed by atoms with Gasteiger partial charge in [-0.15, -0.1) is 13.2 Å². The lowest BCUT2D eigenvalue weighted by Crippen LogP contribution is -2.19. The van der Waals surface area contributed by atoms with Crippen molar-refractivity contribution in [2.45, 2.75) is 12.8 Å². The predicted octanol–water partition coefficient (Wildman–Crippen LogP) is 1.42. The lowest BCUT2D eigenvalue weighted by Gasteiger charge is -2.10. The zero-order chi connectivity index (χ0) is 8.48. The number of nitrogens with two attached hydrogens (primary N) is 1. The number of hydrogen-bond donors (Lipinski definition) is 1. The van der Waals surface area contributed by atoms with Crippen molar-refractivity contribution in [3.05, 3.63) is 24.0 Å². The number of aromatic nitrogens is 1. The Balaban J connectivity index is 3.02. The molecule has 11 heavy (non-hydrogen) atoms. The van der Waals surface area contributed by atoms with Crippen molar-refractivity contribution in [3.63, 3.8) is 0 Å². The molecule has 0 atom stereocenters. The van der Waals surface area contributed by atoms with Crippen molar-refractivity contribution in [1.29, 1.82) is 0 Å². The van der Waals surface area contributed by atoms with E-state index in [9.17, 15) is 13.2 Å². The first-order valence-electron chi connectivity index (χ1n) is 2.99. The average Bonchev–Trinajstić information content (AvgIpc) is 2.31. The largest absolute Gasteiger partial charge is 0.488 e. The summed E-state index contributed by atoms with van der Waals surface area (Å²) in [5.41, 5.74) is 5.14. The van der Waals surface area contributed by atoms with Crippen LogP contribution in [0.2, 0.25) is 0 Å². The van der Waals surface area contributed by atoms with Gasteiger partial charge in [0.1, 0.15) is 0 Å². The van der Waals surface area contributed by atoms with E-state index in [1.807, 2.05) is 0 Å². The molecule has 0 fully saturated rings. The van der Waals surface area contributed by atoms with Gasteiger partial charge in [-0.1, -0.05) is 0 Å². The first-order chi connectivity index (χ1) is 5.05. The molecule has 0 aliphatic rings. The summed E-state index contributed by atoms with van der Waals surface area (Å²) < 4.78 is 36.1. The SMILES string of the molecule is NCc1cccn1C(F)(F)F. The van der Waals surface area contributed by atoms with Gasteiger partial charge in [-0.25, -0.2) is 0 Å². The standard InChI is InChI=1S/C6H7F3N2/c7-6(8,9)11-3-1-2-5(11)4-10/h1-3H,4,10H2. The Hall–Kier alpha value is -0.970. The first kappa shape index (κ1) is 8.13. The molecule has 1 heterocycles. The first-order valence-corrected chi connectivity index (χ1v) is 2.99. The highest BCUT2D eigenvalue weighted by atomic mass is 19.4. The Kier molecular flexibility index (Phi) is 1.90. The van der Waals surface area contributed by atoms with Gasteiger partial charge >= 0.3 is 6.30 Å². The fourth-order valence-electron chi connectivity index (χ4n) is 0.830. The van der Waals surface area contributed by atoms with Crippen molar-refractivity contribution in [3.8, 4) is 0 Å². The van der Waals surface area contributed by atoms with Crippen LogP contribution in [0.3, 0.4) is 0 Å². The maximum absolute atomic E-state index is 12.0. The molecule has 0 aromatic carbocycles. The van der Waals surface area contributed by atoms with Crippen LogP contribution in [0.4, 0.5) is 13.2 Å². The Morgan fingerprint density at radius 3 is 2.45 bits per heavy atom. The molecule has 62 valence electrons. The minimum atomic E-state index is -4.35. The molecule has 0 radical (unpaired) electrons. The van der Waals surface area contributed by atoms with E-state index in [0.717, 1.165) is 6.20 Å². The third-order valence-electron chi connectivity index (χ3n) is 1.32. The van der Waals surface area contributed by atoms with E-state index in [1.165, 1.54) is 12.1 Å². The van der Waals surface area contributed by atoms with E-state index < -0.39 is 6.30 Å². The number of halogens is 3. The summed E-state index contributed by atoms with van der Waals surface area (Å²) in [7, 11) is 0. The molecule has 0 amide bonds. The fraction of sp³-hybridized carbons (Fsp3) is 0.333. The highest BCUT2D eigenvalue weighted by molar-refractivity contribution is 5.07. The molecule has 0 aliphatic carbocycles. The predicted molar refractivity (Wildman–Crippen MR) is 33.6 cm³/mol. The fourth-order valence-corrected chi connectivity index (χ4v) is 0.830. The summed E-state index contributed by atoms with van der Waals surface area (Å²) >= 11 is 0. The van der Waals surface area contributed by atoms with Gasteiger partial charge in [0.15, 0.2) is 0 Å². The Bertz CT molecular complexity index is 238. The van der Waals surface area contributed by atoms with Crippen LogP contribution in [-0.4, -0.2) is 4.57 Å². The van der Waals surface area contributed by atoms with Gasteiger partial charge in [0, 0.05) is 18.4 Å². The second kappa shape index (κ2) is 2.58. The van der Waals surface area contributed by atoms with E-state index in [0.29, 0.717) is 0 Å². The summed E-state index contributed by atoms with van der Waals surface area (Å²) in [6.45, 7) is -0.105. The van der Waals surface area contributed by atoms with Crippen LogP contribution >= 0.6 is 0 Å². The van der Waals surface area contributed by atoms with Gasteiger partial charge in [-0.2, -0.15) is 0 Å². The molecule has 5 heteroatoms. The Morgan fingerprint density at radius 1 is 1.45 bits per heavy atom. The molecule has 0 spiro atoms. The Morgan fingerprint density at radius 2 is 2.09 bits per heavy atom. The summed E-state index contributed by atoms with van der Waals surface area (Å²) in [5.74, 6) is 0. The molecule has 2 nitrogen and oxygen atoms in total.